The maximum Gasteiger partial charge on any atom is 0.280 e. The summed E-state index contributed by atoms with van der Waals surface area (Å²) in [6, 6.07) is 6.12. The van der Waals surface area contributed by atoms with Gasteiger partial charge in [0.1, 0.15) is 21.1 Å². The van der Waals surface area contributed by atoms with Crippen LogP contribution in [0.5, 0.6) is 0 Å². The molecule has 0 aliphatic carbocycles. The Labute approximate surface area is 206 Å². The number of nitrogens with one attached hydrogen (secondary N) is 2. The van der Waals surface area contributed by atoms with E-state index in [1.165, 1.54) is 18.4 Å². The van der Waals surface area contributed by atoms with Crippen LogP contribution < -0.4 is 11.1 Å². The molecule has 5 rings (SSSR count). The normalized spacial score (nSPS) is 11.5. The van der Waals surface area contributed by atoms with Crippen LogP contribution in [0.1, 0.15) is 44.9 Å². The van der Waals surface area contributed by atoms with Gasteiger partial charge in [-0.2, -0.15) is 10.2 Å². The smallest absolute Gasteiger partial charge is 0.280 e. The number of thiophene rings is 1. The summed E-state index contributed by atoms with van der Waals surface area (Å²) in [5, 5.41) is 14.1. The summed E-state index contributed by atoms with van der Waals surface area (Å²) in [6.07, 6.45) is 0.351. The van der Waals surface area contributed by atoms with Gasteiger partial charge in [0.25, 0.3) is 18.2 Å². The second kappa shape index (κ2) is 9.00. The molecule has 0 atom stereocenters. The number of aromatic amines is 1. The summed E-state index contributed by atoms with van der Waals surface area (Å²) in [7, 11) is 0. The minimum absolute atomic E-state index is 0.0184. The molecule has 0 aliphatic rings. The van der Waals surface area contributed by atoms with Gasteiger partial charge in [0.15, 0.2) is 11.5 Å². The van der Waals surface area contributed by atoms with Crippen molar-refractivity contribution in [3.05, 3.63) is 58.7 Å². The van der Waals surface area contributed by atoms with Crippen molar-refractivity contribution < 1.29 is 22.8 Å². The highest BCUT2D eigenvalue weighted by atomic mass is 32.1. The average molecular weight is 512 g/mol. The highest BCUT2D eigenvalue weighted by Crippen LogP contribution is 2.43. The molecular weight excluding hydrogens is 492 g/mol. The monoisotopic (exact) mass is 511 g/mol. The Kier molecular flexibility index (Phi) is 5.84. The van der Waals surface area contributed by atoms with E-state index in [9.17, 15) is 18.4 Å². The molecule has 5 aromatic heterocycles. The molecule has 4 N–H and O–H groups in total. The van der Waals surface area contributed by atoms with Crippen LogP contribution in [0.25, 0.3) is 32.8 Å². The number of nitrogens with zero attached hydrogens (tertiary/aromatic N) is 4. The quantitative estimate of drug-likeness (QED) is 0.287. The zero-order chi connectivity index (χ0) is 25.6. The summed E-state index contributed by atoms with van der Waals surface area (Å²) < 4.78 is 34.4. The molecule has 0 unspecified atom stereocenters. The van der Waals surface area contributed by atoms with E-state index in [0.29, 0.717) is 40.2 Å². The first-order chi connectivity index (χ1) is 17.3. The van der Waals surface area contributed by atoms with E-state index >= 15 is 0 Å². The molecule has 13 heteroatoms. The highest BCUT2D eigenvalue weighted by molar-refractivity contribution is 7.21. The number of carbonyl (C=O) groups excluding carboxylic acids is 2. The molecule has 0 spiro atoms. The van der Waals surface area contributed by atoms with Crippen molar-refractivity contribution in [2.24, 2.45) is 5.73 Å². The Morgan fingerprint density at radius 3 is 2.75 bits per heavy atom. The summed E-state index contributed by atoms with van der Waals surface area (Å²) in [5.74, 6) is -0.997. The van der Waals surface area contributed by atoms with E-state index in [-0.39, 0.29) is 21.1 Å². The van der Waals surface area contributed by atoms with Crippen molar-refractivity contribution in [2.45, 2.75) is 26.8 Å². The van der Waals surface area contributed by atoms with Crippen LogP contribution in [0, 0.1) is 6.92 Å². The lowest BCUT2D eigenvalue weighted by Gasteiger charge is -2.10. The number of alkyl halides is 2. The molecule has 0 aromatic carbocycles. The minimum atomic E-state index is -2.85. The van der Waals surface area contributed by atoms with Crippen molar-refractivity contribution in [3.8, 4) is 22.6 Å². The number of primary amides is 1. The number of H-pyrrole nitrogens is 1. The highest BCUT2D eigenvalue weighted by Gasteiger charge is 2.27. The molecule has 0 aliphatic heterocycles. The third-order valence-corrected chi connectivity index (χ3v) is 6.62. The van der Waals surface area contributed by atoms with Crippen LogP contribution in [-0.4, -0.2) is 36.8 Å². The number of rotatable bonds is 7. The maximum atomic E-state index is 13.7. The molecule has 36 heavy (non-hydrogen) atoms. The number of nitrogens with two attached hydrogens (primary N) is 1. The van der Waals surface area contributed by atoms with Crippen LogP contribution in [-0.2, 0) is 6.54 Å². The third-order valence-electron chi connectivity index (χ3n) is 5.53. The molecule has 0 saturated heterocycles. The van der Waals surface area contributed by atoms with Crippen LogP contribution in [0.4, 0.5) is 14.5 Å². The maximum absolute atomic E-state index is 13.7. The first-order valence-electron chi connectivity index (χ1n) is 10.8. The fraction of sp³-hybridized carbons (Fsp3) is 0.174. The number of carbonyl (C=O) groups is 2. The summed E-state index contributed by atoms with van der Waals surface area (Å²) in [4.78, 5) is 29.6. The van der Waals surface area contributed by atoms with Gasteiger partial charge in [0.2, 0.25) is 0 Å². The number of anilines is 1. The number of halogens is 2. The second-order valence-electron chi connectivity index (χ2n) is 7.83. The second-order valence-corrected chi connectivity index (χ2v) is 8.83. The van der Waals surface area contributed by atoms with Gasteiger partial charge in [-0.1, -0.05) is 0 Å². The van der Waals surface area contributed by atoms with Crippen molar-refractivity contribution in [3.63, 3.8) is 0 Å². The Bertz CT molecular complexity index is 1600. The predicted molar refractivity (Wildman–Crippen MR) is 129 cm³/mol. The molecule has 2 amide bonds. The molecule has 10 nitrogen and oxygen atoms in total. The van der Waals surface area contributed by atoms with Crippen molar-refractivity contribution >= 4 is 39.1 Å². The predicted octanol–water partition coefficient (Wildman–Crippen LogP) is 4.76. The standard InChI is InChI=1S/C23H19F2N7O3S/c1-3-32-9-12(10(2)31-32)11-7-14(20(24)25)27-23-17(11)18(19(36-23)21(26)33)28-22(34)15-8-13(29-30-15)16-5-4-6-35-16/h4-9,20H,3H2,1-2H3,(H2,26,33)(H,28,34)(H,29,30). The third kappa shape index (κ3) is 4.02. The van der Waals surface area contributed by atoms with Gasteiger partial charge >= 0.3 is 0 Å². The van der Waals surface area contributed by atoms with Gasteiger partial charge in [-0.25, -0.2) is 13.8 Å². The lowest BCUT2D eigenvalue weighted by atomic mass is 10.0. The number of hydrogen-bond acceptors (Lipinski definition) is 7. The fourth-order valence-corrected chi connectivity index (χ4v) is 4.87. The van der Waals surface area contributed by atoms with E-state index < -0.39 is 23.9 Å². The molecule has 0 bridgehead atoms. The van der Waals surface area contributed by atoms with Crippen molar-refractivity contribution in [1.82, 2.24) is 25.0 Å². The Balaban J connectivity index is 1.67. The Morgan fingerprint density at radius 2 is 2.11 bits per heavy atom. The number of amides is 2. The van der Waals surface area contributed by atoms with Crippen LogP contribution in [0.3, 0.4) is 0 Å². The molecule has 5 aromatic rings. The van der Waals surface area contributed by atoms with Gasteiger partial charge in [0, 0.05) is 29.8 Å². The largest absolute Gasteiger partial charge is 0.463 e. The number of aryl methyl sites for hydroxylation is 2. The molecule has 5 heterocycles. The van der Waals surface area contributed by atoms with Gasteiger partial charge < -0.3 is 15.5 Å². The minimum Gasteiger partial charge on any atom is -0.463 e. The van der Waals surface area contributed by atoms with Crippen LogP contribution >= 0.6 is 11.3 Å². The van der Waals surface area contributed by atoms with Crippen molar-refractivity contribution in [1.29, 1.82) is 0 Å². The van der Waals surface area contributed by atoms with Gasteiger partial charge in [-0.3, -0.25) is 19.4 Å². The Morgan fingerprint density at radius 1 is 1.31 bits per heavy atom. The van der Waals surface area contributed by atoms with Crippen LogP contribution in [0.15, 0.2) is 41.1 Å². The van der Waals surface area contributed by atoms with Gasteiger partial charge in [0.05, 0.1) is 17.6 Å². The van der Waals surface area contributed by atoms with E-state index in [2.05, 4.69) is 25.6 Å². The summed E-state index contributed by atoms with van der Waals surface area (Å²) in [5.41, 5.74) is 7.20. The SMILES string of the molecule is CCn1cc(-c2cc(C(F)F)nc3sc(C(N)=O)c(NC(=O)c4cc(-c5ccco5)[nH]n4)c23)c(C)n1. The van der Waals surface area contributed by atoms with E-state index in [0.717, 1.165) is 11.3 Å². The average Bonchev–Trinajstić information content (AvgIpc) is 3.63. The van der Waals surface area contributed by atoms with Gasteiger partial charge in [-0.15, -0.1) is 11.3 Å². The zero-order valence-electron chi connectivity index (χ0n) is 19.0. The fourth-order valence-electron chi connectivity index (χ4n) is 3.85. The number of pyridine rings is 1. The molecule has 0 saturated carbocycles. The first-order valence-corrected chi connectivity index (χ1v) is 11.6. The first kappa shape index (κ1) is 23.4. The summed E-state index contributed by atoms with van der Waals surface area (Å²) >= 11 is 0.827. The number of aromatic nitrogens is 5. The number of fused-ring (bicyclic) bond motifs is 1. The van der Waals surface area contributed by atoms with Gasteiger partial charge in [-0.05, 0) is 37.6 Å². The summed E-state index contributed by atoms with van der Waals surface area (Å²) in [6.45, 7) is 4.20. The zero-order valence-corrected chi connectivity index (χ0v) is 19.8. The van der Waals surface area contributed by atoms with Crippen molar-refractivity contribution in [2.75, 3.05) is 5.32 Å². The molecule has 0 fully saturated rings. The topological polar surface area (TPSA) is 145 Å². The lowest BCUT2D eigenvalue weighted by molar-refractivity contribution is 0.100. The van der Waals surface area contributed by atoms with E-state index in [4.69, 9.17) is 10.2 Å². The molecular formula is C23H19F2N7O3S. The Hall–Kier alpha value is -4.39. The van der Waals surface area contributed by atoms with E-state index in [1.807, 2.05) is 6.92 Å². The van der Waals surface area contributed by atoms with Crippen LogP contribution in [0.2, 0.25) is 0 Å². The molecule has 184 valence electrons. The lowest BCUT2D eigenvalue weighted by Crippen LogP contribution is -2.17. The number of hydrogen-bond donors (Lipinski definition) is 3. The van der Waals surface area contributed by atoms with E-state index in [1.54, 1.807) is 29.9 Å². The molecule has 0 radical (unpaired) electrons. The number of furan rings is 1.